The number of amides is 2. The molecule has 0 saturated heterocycles. The summed E-state index contributed by atoms with van der Waals surface area (Å²) >= 11 is 0. The van der Waals surface area contributed by atoms with E-state index in [9.17, 15) is 29.4 Å². The van der Waals surface area contributed by atoms with E-state index in [0.29, 0.717) is 57.5 Å². The van der Waals surface area contributed by atoms with Gasteiger partial charge in [0.15, 0.2) is 0 Å². The van der Waals surface area contributed by atoms with Crippen molar-refractivity contribution in [1.29, 1.82) is 0 Å². The van der Waals surface area contributed by atoms with Gasteiger partial charge >= 0.3 is 0 Å². The summed E-state index contributed by atoms with van der Waals surface area (Å²) in [6.45, 7) is 11.3. The first-order valence-electron chi connectivity index (χ1n) is 14.4. The van der Waals surface area contributed by atoms with Crippen molar-refractivity contribution >= 4 is 47.7 Å². The Bertz CT molecular complexity index is 1790. The van der Waals surface area contributed by atoms with E-state index in [-0.39, 0.29) is 37.5 Å². The van der Waals surface area contributed by atoms with Crippen LogP contribution in [0.15, 0.2) is 33.0 Å². The SMILES string of the molecule is CCC1=C(C)C(/C=c2\[nH]/c(=C\c3[nH]c(/C=C4\NC(=O)C(C)=C4CC)c(C)c3CCC(=O)[O-])c(CCC(=O)[O-])c2C)=NC1=O. The number of aliphatic imine (C=N–C) groups is 1. The first kappa shape index (κ1) is 31.2. The highest BCUT2D eigenvalue weighted by Crippen LogP contribution is 2.28. The van der Waals surface area contributed by atoms with Gasteiger partial charge in [-0.05, 0) is 118 Å². The maximum atomic E-state index is 12.3. The second kappa shape index (κ2) is 12.6. The maximum absolute atomic E-state index is 12.3. The molecule has 0 fully saturated rings. The zero-order valence-electron chi connectivity index (χ0n) is 25.4. The molecule has 0 bridgehead atoms. The summed E-state index contributed by atoms with van der Waals surface area (Å²) < 4.78 is 0. The highest BCUT2D eigenvalue weighted by Gasteiger charge is 2.24. The normalized spacial score (nSPS) is 17.2. The van der Waals surface area contributed by atoms with Crippen LogP contribution in [0.3, 0.4) is 0 Å². The van der Waals surface area contributed by atoms with Gasteiger partial charge in [0, 0.05) is 50.9 Å². The van der Waals surface area contributed by atoms with Gasteiger partial charge in [-0.2, -0.15) is 0 Å². The molecule has 0 aliphatic carbocycles. The number of carbonyl (C=O) groups is 4. The van der Waals surface area contributed by atoms with Crippen LogP contribution >= 0.6 is 0 Å². The molecule has 0 radical (unpaired) electrons. The molecule has 10 heteroatoms. The van der Waals surface area contributed by atoms with Crippen molar-refractivity contribution in [2.75, 3.05) is 0 Å². The Morgan fingerprint density at radius 3 is 1.95 bits per heavy atom. The average Bonchev–Trinajstić information content (AvgIpc) is 3.59. The third-order valence-electron chi connectivity index (χ3n) is 8.31. The number of carboxylic acids is 2. The number of carbonyl (C=O) groups excluding carboxylic acids is 4. The average molecular weight is 585 g/mol. The molecule has 0 aromatic carbocycles. The topological polar surface area (TPSA) is 170 Å². The fourth-order valence-electron chi connectivity index (χ4n) is 5.76. The predicted octanol–water partition coefficient (Wildman–Crippen LogP) is 0.839. The van der Waals surface area contributed by atoms with E-state index in [4.69, 9.17) is 0 Å². The Balaban J connectivity index is 1.91. The largest absolute Gasteiger partial charge is 0.550 e. The molecule has 4 rings (SSSR count). The summed E-state index contributed by atoms with van der Waals surface area (Å²) in [4.78, 5) is 58.4. The van der Waals surface area contributed by atoms with E-state index in [1.807, 2.05) is 46.8 Å². The second-order valence-corrected chi connectivity index (χ2v) is 10.9. The van der Waals surface area contributed by atoms with Crippen LogP contribution in [0.1, 0.15) is 87.0 Å². The third kappa shape index (κ3) is 6.38. The number of hydrogen-bond donors (Lipinski definition) is 3. The van der Waals surface area contributed by atoms with Gasteiger partial charge in [0.1, 0.15) is 0 Å². The molecule has 3 N–H and O–H groups in total. The Morgan fingerprint density at radius 2 is 1.37 bits per heavy atom. The van der Waals surface area contributed by atoms with Gasteiger partial charge in [-0.1, -0.05) is 13.8 Å². The maximum Gasteiger partial charge on any atom is 0.273 e. The highest BCUT2D eigenvalue weighted by molar-refractivity contribution is 6.30. The molecular weight excluding hydrogens is 548 g/mol. The fourth-order valence-corrected chi connectivity index (χ4v) is 5.76. The number of allylic oxidation sites excluding steroid dienone is 2. The van der Waals surface area contributed by atoms with Gasteiger partial charge < -0.3 is 35.1 Å². The Kier molecular flexibility index (Phi) is 9.18. The van der Waals surface area contributed by atoms with Crippen molar-refractivity contribution in [1.82, 2.24) is 15.3 Å². The van der Waals surface area contributed by atoms with Gasteiger partial charge in [0.25, 0.3) is 11.8 Å². The molecule has 2 aliphatic rings. The number of rotatable bonds is 11. The smallest absolute Gasteiger partial charge is 0.273 e. The number of aromatic nitrogens is 2. The van der Waals surface area contributed by atoms with E-state index in [1.165, 1.54) is 0 Å². The number of aromatic amines is 2. The number of carboxylic acid groups (broad SMARTS) is 2. The summed E-state index contributed by atoms with van der Waals surface area (Å²) in [5, 5.41) is 27.0. The number of aliphatic carboxylic acids is 2. The van der Waals surface area contributed by atoms with Crippen LogP contribution in [0.5, 0.6) is 0 Å². The van der Waals surface area contributed by atoms with Crippen molar-refractivity contribution in [2.24, 2.45) is 4.99 Å². The minimum Gasteiger partial charge on any atom is -0.550 e. The second-order valence-electron chi connectivity index (χ2n) is 10.9. The van der Waals surface area contributed by atoms with Gasteiger partial charge in [-0.25, -0.2) is 4.99 Å². The van der Waals surface area contributed by atoms with E-state index < -0.39 is 11.9 Å². The first-order chi connectivity index (χ1) is 20.4. The monoisotopic (exact) mass is 584 g/mol. The van der Waals surface area contributed by atoms with Crippen LogP contribution in [-0.2, 0) is 32.0 Å². The Morgan fingerprint density at radius 1 is 0.744 bits per heavy atom. The Hall–Kier alpha value is -4.73. The lowest BCUT2D eigenvalue weighted by Gasteiger charge is -2.05. The van der Waals surface area contributed by atoms with E-state index in [0.717, 1.165) is 33.4 Å². The van der Waals surface area contributed by atoms with Crippen LogP contribution in [0.4, 0.5) is 0 Å². The van der Waals surface area contributed by atoms with Crippen molar-refractivity contribution in [3.63, 3.8) is 0 Å². The van der Waals surface area contributed by atoms with Crippen LogP contribution in [0, 0.1) is 13.8 Å². The molecule has 0 saturated carbocycles. The highest BCUT2D eigenvalue weighted by atomic mass is 16.4. The zero-order valence-corrected chi connectivity index (χ0v) is 25.4. The summed E-state index contributed by atoms with van der Waals surface area (Å²) in [6.07, 6.45) is 6.75. The van der Waals surface area contributed by atoms with Gasteiger partial charge in [-0.15, -0.1) is 0 Å². The van der Waals surface area contributed by atoms with Crippen LogP contribution in [-0.4, -0.2) is 39.4 Å². The molecule has 0 unspecified atom stereocenters. The Labute approximate surface area is 249 Å². The lowest BCUT2D eigenvalue weighted by atomic mass is 10.0. The van der Waals surface area contributed by atoms with E-state index in [1.54, 1.807) is 13.0 Å². The van der Waals surface area contributed by atoms with Crippen molar-refractivity contribution < 1.29 is 29.4 Å². The molecule has 2 aromatic heterocycles. The van der Waals surface area contributed by atoms with Gasteiger partial charge in [0.05, 0.1) is 5.71 Å². The molecule has 4 heterocycles. The molecule has 226 valence electrons. The number of hydrogen-bond acceptors (Lipinski definition) is 6. The molecule has 0 atom stereocenters. The molecule has 0 spiro atoms. The number of nitrogens with one attached hydrogen (secondary N) is 3. The van der Waals surface area contributed by atoms with Crippen molar-refractivity contribution in [2.45, 2.75) is 80.1 Å². The van der Waals surface area contributed by atoms with Crippen LogP contribution in [0.25, 0.3) is 18.2 Å². The molecule has 2 aromatic rings. The lowest BCUT2D eigenvalue weighted by molar-refractivity contribution is -0.307. The quantitative estimate of drug-likeness (QED) is 0.353. The van der Waals surface area contributed by atoms with Crippen LogP contribution in [0.2, 0.25) is 0 Å². The standard InChI is InChI=1S/C33H38N4O6/c1-7-20-19(6)32(42)37-27(20)14-25-18(5)23(10-12-31(40)41)29(35-25)15-28-22(9-11-30(38)39)17(4)24(34-28)13-26-16(3)21(8-2)33(43)36-26/h13-15,34-35H,7-12H2,1-6H3,(H,37,42)(H,38,39)(H,40,41)/p-2/b24-13-,27-14-,28-15-. The molecule has 2 amide bonds. The van der Waals surface area contributed by atoms with Crippen molar-refractivity contribution in [3.8, 4) is 0 Å². The fraction of sp³-hybridized carbons (Fsp3) is 0.364. The van der Waals surface area contributed by atoms with Crippen LogP contribution < -0.4 is 26.2 Å². The first-order valence-corrected chi connectivity index (χ1v) is 14.4. The lowest BCUT2D eigenvalue weighted by Crippen LogP contribution is -2.23. The summed E-state index contributed by atoms with van der Waals surface area (Å²) in [7, 11) is 0. The molecule has 10 nitrogen and oxygen atoms in total. The zero-order chi connectivity index (χ0) is 31.6. The third-order valence-corrected chi connectivity index (χ3v) is 8.31. The summed E-state index contributed by atoms with van der Waals surface area (Å²) in [5.41, 5.74) is 8.80. The van der Waals surface area contributed by atoms with Crippen molar-refractivity contribution in [3.05, 3.63) is 72.3 Å². The molecular formula is C33H36N4O6-2. The predicted molar refractivity (Wildman–Crippen MR) is 160 cm³/mol. The van der Waals surface area contributed by atoms with E-state index in [2.05, 4.69) is 20.3 Å². The van der Waals surface area contributed by atoms with E-state index >= 15 is 0 Å². The summed E-state index contributed by atoms with van der Waals surface area (Å²) in [6, 6.07) is 0. The minimum absolute atomic E-state index is 0.149. The minimum atomic E-state index is -1.18. The van der Waals surface area contributed by atoms with Gasteiger partial charge in [0.2, 0.25) is 0 Å². The number of nitrogens with zero attached hydrogens (tertiary/aromatic N) is 1. The summed E-state index contributed by atoms with van der Waals surface area (Å²) in [5.74, 6) is -2.76. The molecule has 2 aliphatic heterocycles. The van der Waals surface area contributed by atoms with Gasteiger partial charge in [-0.3, -0.25) is 9.59 Å². The number of H-pyrrole nitrogens is 2. The molecule has 43 heavy (non-hydrogen) atoms.